The second-order valence-corrected chi connectivity index (χ2v) is 3.84. The van der Waals surface area contributed by atoms with Gasteiger partial charge in [0.15, 0.2) is 0 Å². The van der Waals surface area contributed by atoms with E-state index in [0.29, 0.717) is 11.8 Å². The topological polar surface area (TPSA) is 48.2 Å². The first-order chi connectivity index (χ1) is 8.31. The molecule has 0 unspecified atom stereocenters. The van der Waals surface area contributed by atoms with Gasteiger partial charge >= 0.3 is 0 Å². The minimum Gasteiger partial charge on any atom is -0.497 e. The number of aromatic nitrogens is 2. The van der Waals surface area contributed by atoms with Crippen LogP contribution in [-0.4, -0.2) is 17.3 Å². The lowest BCUT2D eigenvalue weighted by Gasteiger charge is -2.01. The van der Waals surface area contributed by atoms with Gasteiger partial charge in [-0.05, 0) is 24.1 Å². The smallest absolute Gasteiger partial charge is 0.231 e. The zero-order chi connectivity index (χ0) is 12.1. The van der Waals surface area contributed by atoms with E-state index in [9.17, 15) is 0 Å². The molecule has 17 heavy (non-hydrogen) atoms. The summed E-state index contributed by atoms with van der Waals surface area (Å²) < 4.78 is 10.4. The Morgan fingerprint density at radius 3 is 2.41 bits per heavy atom. The molecule has 0 N–H and O–H groups in total. The summed E-state index contributed by atoms with van der Waals surface area (Å²) in [6.45, 7) is 0. The summed E-state index contributed by atoms with van der Waals surface area (Å²) in [6.07, 6.45) is 1.57. The maximum atomic E-state index is 5.58. The fourth-order valence-electron chi connectivity index (χ4n) is 1.49. The Bertz CT molecular complexity index is 468. The fourth-order valence-corrected chi connectivity index (χ4v) is 1.59. The molecule has 0 aliphatic heterocycles. The second kappa shape index (κ2) is 5.68. The van der Waals surface area contributed by atoms with Gasteiger partial charge in [0.25, 0.3) is 0 Å². The molecule has 0 atom stereocenters. The van der Waals surface area contributed by atoms with Crippen LogP contribution in [0, 0.1) is 0 Å². The van der Waals surface area contributed by atoms with Crippen LogP contribution in [0.4, 0.5) is 0 Å². The Kier molecular flexibility index (Phi) is 3.98. The molecule has 4 nitrogen and oxygen atoms in total. The van der Waals surface area contributed by atoms with E-state index in [4.69, 9.17) is 20.8 Å². The number of nitrogens with zero attached hydrogens (tertiary/aromatic N) is 2. The van der Waals surface area contributed by atoms with Crippen molar-refractivity contribution in [3.05, 3.63) is 41.6 Å². The van der Waals surface area contributed by atoms with Gasteiger partial charge in [-0.15, -0.1) is 21.8 Å². The molecule has 1 heterocycles. The second-order valence-electron chi connectivity index (χ2n) is 3.57. The number of aryl methyl sites for hydroxylation is 2. The molecule has 0 saturated carbocycles. The Balaban J connectivity index is 1.92. The number of halogens is 1. The van der Waals surface area contributed by atoms with E-state index in [1.54, 1.807) is 7.11 Å². The first-order valence-corrected chi connectivity index (χ1v) is 5.85. The maximum absolute atomic E-state index is 5.58. The summed E-state index contributed by atoms with van der Waals surface area (Å²) >= 11 is 5.58. The summed E-state index contributed by atoms with van der Waals surface area (Å²) in [5, 5.41) is 7.72. The molecule has 0 aliphatic rings. The molecule has 0 bridgehead atoms. The van der Waals surface area contributed by atoms with Crippen molar-refractivity contribution in [2.75, 3.05) is 7.11 Å². The third kappa shape index (κ3) is 3.20. The van der Waals surface area contributed by atoms with Crippen molar-refractivity contribution < 1.29 is 9.15 Å². The van der Waals surface area contributed by atoms with Crippen LogP contribution in [0.2, 0.25) is 0 Å². The summed E-state index contributed by atoms with van der Waals surface area (Å²) in [7, 11) is 1.65. The first-order valence-electron chi connectivity index (χ1n) is 5.32. The van der Waals surface area contributed by atoms with Crippen LogP contribution >= 0.6 is 11.6 Å². The Morgan fingerprint density at radius 2 is 1.82 bits per heavy atom. The summed E-state index contributed by atoms with van der Waals surface area (Å²) in [5.41, 5.74) is 1.21. The van der Waals surface area contributed by atoms with Gasteiger partial charge in [-0.3, -0.25) is 0 Å². The summed E-state index contributed by atoms with van der Waals surface area (Å²) in [4.78, 5) is 0. The lowest BCUT2D eigenvalue weighted by Crippen LogP contribution is -1.92. The van der Waals surface area contributed by atoms with Crippen LogP contribution in [0.15, 0.2) is 28.7 Å². The molecular weight excluding hydrogens is 240 g/mol. The van der Waals surface area contributed by atoms with Crippen molar-refractivity contribution in [2.45, 2.75) is 18.7 Å². The van der Waals surface area contributed by atoms with Gasteiger partial charge in [0, 0.05) is 6.42 Å². The number of methoxy groups -OCH3 is 1. The van der Waals surface area contributed by atoms with Crippen molar-refractivity contribution in [3.63, 3.8) is 0 Å². The third-order valence-electron chi connectivity index (χ3n) is 2.41. The van der Waals surface area contributed by atoms with E-state index in [-0.39, 0.29) is 5.88 Å². The molecule has 2 rings (SSSR count). The van der Waals surface area contributed by atoms with Crippen LogP contribution in [0.3, 0.4) is 0 Å². The van der Waals surface area contributed by atoms with Crippen LogP contribution in [0.1, 0.15) is 17.3 Å². The highest BCUT2D eigenvalue weighted by atomic mass is 35.5. The normalized spacial score (nSPS) is 10.5. The van der Waals surface area contributed by atoms with E-state index in [0.717, 1.165) is 18.6 Å². The van der Waals surface area contributed by atoms with Gasteiger partial charge in [-0.2, -0.15) is 0 Å². The minimum absolute atomic E-state index is 0.259. The lowest BCUT2D eigenvalue weighted by atomic mass is 10.1. The Morgan fingerprint density at radius 1 is 1.12 bits per heavy atom. The van der Waals surface area contributed by atoms with Gasteiger partial charge in [0.05, 0.1) is 7.11 Å². The van der Waals surface area contributed by atoms with Crippen molar-refractivity contribution in [3.8, 4) is 5.75 Å². The molecule has 1 aromatic carbocycles. The molecule has 90 valence electrons. The third-order valence-corrected chi connectivity index (χ3v) is 2.64. The number of benzene rings is 1. The zero-order valence-electron chi connectivity index (χ0n) is 9.52. The number of hydrogen-bond acceptors (Lipinski definition) is 4. The van der Waals surface area contributed by atoms with E-state index >= 15 is 0 Å². The van der Waals surface area contributed by atoms with Crippen LogP contribution < -0.4 is 4.74 Å². The molecule has 0 radical (unpaired) electrons. The highest BCUT2D eigenvalue weighted by Gasteiger charge is 2.05. The molecule has 0 aliphatic carbocycles. The molecule has 1 aromatic heterocycles. The van der Waals surface area contributed by atoms with Gasteiger partial charge in [-0.25, -0.2) is 0 Å². The van der Waals surface area contributed by atoms with E-state index < -0.39 is 0 Å². The van der Waals surface area contributed by atoms with Crippen LogP contribution in [0.25, 0.3) is 0 Å². The Labute approximate surface area is 105 Å². The SMILES string of the molecule is COc1ccc(CCc2nnc(CCl)o2)cc1. The van der Waals surface area contributed by atoms with E-state index in [1.165, 1.54) is 5.56 Å². The standard InChI is InChI=1S/C12H13ClN2O2/c1-16-10-5-2-9(3-6-10)4-7-11-14-15-12(8-13)17-11/h2-3,5-6H,4,7-8H2,1H3. The van der Waals surface area contributed by atoms with Crippen molar-refractivity contribution in [1.82, 2.24) is 10.2 Å². The number of ether oxygens (including phenoxy) is 1. The predicted molar refractivity (Wildman–Crippen MR) is 64.3 cm³/mol. The maximum Gasteiger partial charge on any atom is 0.231 e. The molecule has 0 fully saturated rings. The average Bonchev–Trinajstić information content (AvgIpc) is 2.85. The highest BCUT2D eigenvalue weighted by molar-refractivity contribution is 6.16. The number of alkyl halides is 1. The van der Waals surface area contributed by atoms with Gasteiger partial charge < -0.3 is 9.15 Å². The highest BCUT2D eigenvalue weighted by Crippen LogP contribution is 2.13. The van der Waals surface area contributed by atoms with E-state index in [1.807, 2.05) is 24.3 Å². The average molecular weight is 253 g/mol. The first kappa shape index (κ1) is 11.9. The quantitative estimate of drug-likeness (QED) is 0.768. The van der Waals surface area contributed by atoms with Crippen molar-refractivity contribution in [2.24, 2.45) is 0 Å². The fraction of sp³-hybridized carbons (Fsp3) is 0.333. The molecule has 0 spiro atoms. The molecule has 2 aromatic rings. The van der Waals surface area contributed by atoms with E-state index in [2.05, 4.69) is 10.2 Å². The van der Waals surface area contributed by atoms with Crippen molar-refractivity contribution in [1.29, 1.82) is 0 Å². The largest absolute Gasteiger partial charge is 0.497 e. The van der Waals surface area contributed by atoms with Crippen LogP contribution in [-0.2, 0) is 18.7 Å². The lowest BCUT2D eigenvalue weighted by molar-refractivity contribution is 0.414. The summed E-state index contributed by atoms with van der Waals surface area (Å²) in [5.74, 6) is 2.21. The molecule has 0 saturated heterocycles. The molecule has 0 amide bonds. The zero-order valence-corrected chi connectivity index (χ0v) is 10.3. The summed E-state index contributed by atoms with van der Waals surface area (Å²) in [6, 6.07) is 7.93. The van der Waals surface area contributed by atoms with Gasteiger partial charge in [-0.1, -0.05) is 12.1 Å². The number of rotatable bonds is 5. The minimum atomic E-state index is 0.259. The van der Waals surface area contributed by atoms with Gasteiger partial charge in [0.2, 0.25) is 11.8 Å². The molecule has 5 heteroatoms. The number of hydrogen-bond donors (Lipinski definition) is 0. The molecular formula is C12H13ClN2O2. The monoisotopic (exact) mass is 252 g/mol. The van der Waals surface area contributed by atoms with Crippen LogP contribution in [0.5, 0.6) is 5.75 Å². The van der Waals surface area contributed by atoms with Crippen molar-refractivity contribution >= 4 is 11.6 Å². The Hall–Kier alpha value is -1.55. The predicted octanol–water partition coefficient (Wildman–Crippen LogP) is 2.60. The van der Waals surface area contributed by atoms with Gasteiger partial charge in [0.1, 0.15) is 11.6 Å².